The van der Waals surface area contributed by atoms with Gasteiger partial charge in [-0.25, -0.2) is 0 Å². The summed E-state index contributed by atoms with van der Waals surface area (Å²) in [5, 5.41) is 3.27. The quantitative estimate of drug-likeness (QED) is 0.893. The lowest BCUT2D eigenvalue weighted by Crippen LogP contribution is -2.12. The van der Waals surface area contributed by atoms with E-state index in [1.165, 1.54) is 0 Å². The summed E-state index contributed by atoms with van der Waals surface area (Å²) in [5.41, 5.74) is 7.63. The second-order valence-electron chi connectivity index (χ2n) is 3.98. The maximum Gasteiger partial charge on any atom is 0.255 e. The van der Waals surface area contributed by atoms with E-state index in [1.54, 1.807) is 24.3 Å². The Morgan fingerprint density at radius 1 is 1.21 bits per heavy atom. The van der Waals surface area contributed by atoms with Crippen LogP contribution in [0, 0.1) is 0 Å². The monoisotopic (exact) mass is 338 g/mol. The van der Waals surface area contributed by atoms with Crippen LogP contribution in [0.15, 0.2) is 46.9 Å². The molecular formula is C14H12BrClN2O. The van der Waals surface area contributed by atoms with E-state index in [0.29, 0.717) is 22.8 Å². The van der Waals surface area contributed by atoms with Gasteiger partial charge in [0.25, 0.3) is 5.91 Å². The molecule has 0 atom stereocenters. The predicted molar refractivity (Wildman–Crippen MR) is 81.4 cm³/mol. The summed E-state index contributed by atoms with van der Waals surface area (Å²) < 4.78 is 0.852. The molecule has 0 aliphatic rings. The molecule has 1 amide bonds. The van der Waals surface area contributed by atoms with Gasteiger partial charge in [0.2, 0.25) is 0 Å². The molecule has 0 saturated carbocycles. The van der Waals surface area contributed by atoms with Crippen LogP contribution in [0.4, 0.5) is 5.69 Å². The highest BCUT2D eigenvalue weighted by Gasteiger charge is 2.08. The number of nitrogens with one attached hydrogen (secondary N) is 1. The molecule has 0 spiro atoms. The zero-order chi connectivity index (χ0) is 13.8. The number of anilines is 1. The molecule has 0 saturated heterocycles. The van der Waals surface area contributed by atoms with Gasteiger partial charge in [0, 0.05) is 16.6 Å². The minimum atomic E-state index is -0.205. The number of hydrogen-bond donors (Lipinski definition) is 2. The average Bonchev–Trinajstić information content (AvgIpc) is 2.43. The second kappa shape index (κ2) is 6.19. The van der Waals surface area contributed by atoms with Crippen LogP contribution in [0.3, 0.4) is 0 Å². The van der Waals surface area contributed by atoms with Gasteiger partial charge in [-0.15, -0.1) is 0 Å². The molecule has 0 aliphatic heterocycles. The van der Waals surface area contributed by atoms with E-state index < -0.39 is 0 Å². The van der Waals surface area contributed by atoms with Crippen molar-refractivity contribution in [1.82, 2.24) is 0 Å². The third kappa shape index (κ3) is 3.56. The van der Waals surface area contributed by atoms with Gasteiger partial charge < -0.3 is 11.1 Å². The Kier molecular flexibility index (Phi) is 4.58. The number of carbonyl (C=O) groups excluding carboxylic acids is 1. The van der Waals surface area contributed by atoms with Crippen molar-refractivity contribution >= 4 is 39.1 Å². The zero-order valence-electron chi connectivity index (χ0n) is 9.99. The van der Waals surface area contributed by atoms with E-state index in [0.717, 1.165) is 10.0 Å². The predicted octanol–water partition coefficient (Wildman–Crippen LogP) is 3.81. The molecule has 3 N–H and O–H groups in total. The smallest absolute Gasteiger partial charge is 0.255 e. The van der Waals surface area contributed by atoms with Gasteiger partial charge in [0.1, 0.15) is 0 Å². The molecule has 0 unspecified atom stereocenters. The SMILES string of the molecule is NCc1ccc(C(=O)Nc2cc(Br)ccc2Cl)cc1. The molecule has 0 fully saturated rings. The summed E-state index contributed by atoms with van der Waals surface area (Å²) in [6.07, 6.45) is 0. The Morgan fingerprint density at radius 3 is 2.53 bits per heavy atom. The molecule has 2 aromatic rings. The van der Waals surface area contributed by atoms with Crippen LogP contribution in [0.2, 0.25) is 5.02 Å². The van der Waals surface area contributed by atoms with Gasteiger partial charge in [0.15, 0.2) is 0 Å². The van der Waals surface area contributed by atoms with Crippen molar-refractivity contribution in [2.75, 3.05) is 5.32 Å². The van der Waals surface area contributed by atoms with E-state index in [1.807, 2.05) is 18.2 Å². The minimum absolute atomic E-state index is 0.205. The molecule has 2 aromatic carbocycles. The number of amides is 1. The first-order chi connectivity index (χ1) is 9.10. The molecule has 3 nitrogen and oxygen atoms in total. The third-order valence-corrected chi connectivity index (χ3v) is 3.45. The van der Waals surface area contributed by atoms with Crippen LogP contribution in [0.25, 0.3) is 0 Å². The molecule has 0 bridgehead atoms. The van der Waals surface area contributed by atoms with Gasteiger partial charge in [-0.2, -0.15) is 0 Å². The molecule has 0 radical (unpaired) electrons. The lowest BCUT2D eigenvalue weighted by molar-refractivity contribution is 0.102. The Morgan fingerprint density at radius 2 is 1.89 bits per heavy atom. The lowest BCUT2D eigenvalue weighted by Gasteiger charge is -2.08. The summed E-state index contributed by atoms with van der Waals surface area (Å²) >= 11 is 9.36. The average molecular weight is 340 g/mol. The highest BCUT2D eigenvalue weighted by molar-refractivity contribution is 9.10. The molecule has 0 heterocycles. The standard InChI is InChI=1S/C14H12BrClN2O/c15-11-5-6-12(16)13(7-11)18-14(19)10-3-1-9(8-17)2-4-10/h1-7H,8,17H2,(H,18,19). The molecule has 0 aliphatic carbocycles. The van der Waals surface area contributed by atoms with E-state index in [-0.39, 0.29) is 5.91 Å². The van der Waals surface area contributed by atoms with Gasteiger partial charge in [-0.05, 0) is 35.9 Å². The first kappa shape index (κ1) is 14.1. The Hall–Kier alpha value is -1.36. The summed E-state index contributed by atoms with van der Waals surface area (Å²) in [4.78, 5) is 12.1. The number of rotatable bonds is 3. The molecular weight excluding hydrogens is 328 g/mol. The van der Waals surface area contributed by atoms with Gasteiger partial charge >= 0.3 is 0 Å². The largest absolute Gasteiger partial charge is 0.326 e. The number of halogens is 2. The number of carbonyl (C=O) groups is 1. The maximum atomic E-state index is 12.1. The molecule has 98 valence electrons. The number of hydrogen-bond acceptors (Lipinski definition) is 2. The van der Waals surface area contributed by atoms with E-state index in [2.05, 4.69) is 21.2 Å². The molecule has 5 heteroatoms. The Bertz CT molecular complexity index is 599. The fourth-order valence-electron chi connectivity index (χ4n) is 1.58. The van der Waals surface area contributed by atoms with Crippen LogP contribution in [-0.2, 0) is 6.54 Å². The Labute approximate surface area is 124 Å². The molecule has 19 heavy (non-hydrogen) atoms. The first-order valence-electron chi connectivity index (χ1n) is 5.65. The van der Waals surface area contributed by atoms with Gasteiger partial charge in [0.05, 0.1) is 10.7 Å². The van der Waals surface area contributed by atoms with Gasteiger partial charge in [-0.1, -0.05) is 39.7 Å². The normalized spacial score (nSPS) is 10.3. The maximum absolute atomic E-state index is 12.1. The summed E-state index contributed by atoms with van der Waals surface area (Å²) in [7, 11) is 0. The van der Waals surface area contributed by atoms with Crippen molar-refractivity contribution in [3.8, 4) is 0 Å². The summed E-state index contributed by atoms with van der Waals surface area (Å²) in [6.45, 7) is 0.458. The topological polar surface area (TPSA) is 55.1 Å². The number of benzene rings is 2. The van der Waals surface area contributed by atoms with E-state index in [4.69, 9.17) is 17.3 Å². The van der Waals surface area contributed by atoms with Crippen LogP contribution in [0.1, 0.15) is 15.9 Å². The third-order valence-electron chi connectivity index (χ3n) is 2.63. The van der Waals surface area contributed by atoms with E-state index >= 15 is 0 Å². The first-order valence-corrected chi connectivity index (χ1v) is 6.82. The van der Waals surface area contributed by atoms with Gasteiger partial charge in [-0.3, -0.25) is 4.79 Å². The fraction of sp³-hybridized carbons (Fsp3) is 0.0714. The zero-order valence-corrected chi connectivity index (χ0v) is 12.3. The highest BCUT2D eigenvalue weighted by atomic mass is 79.9. The fourth-order valence-corrected chi connectivity index (χ4v) is 2.11. The van der Waals surface area contributed by atoms with Crippen molar-refractivity contribution in [3.63, 3.8) is 0 Å². The minimum Gasteiger partial charge on any atom is -0.326 e. The van der Waals surface area contributed by atoms with Crippen molar-refractivity contribution in [3.05, 3.63) is 63.1 Å². The van der Waals surface area contributed by atoms with Crippen molar-refractivity contribution < 1.29 is 4.79 Å². The van der Waals surface area contributed by atoms with Crippen LogP contribution < -0.4 is 11.1 Å². The van der Waals surface area contributed by atoms with E-state index in [9.17, 15) is 4.79 Å². The second-order valence-corrected chi connectivity index (χ2v) is 5.30. The number of nitrogens with two attached hydrogens (primary N) is 1. The molecule has 0 aromatic heterocycles. The summed E-state index contributed by atoms with van der Waals surface area (Å²) in [6, 6.07) is 12.4. The highest BCUT2D eigenvalue weighted by Crippen LogP contribution is 2.26. The lowest BCUT2D eigenvalue weighted by atomic mass is 10.1. The van der Waals surface area contributed by atoms with Crippen molar-refractivity contribution in [2.45, 2.75) is 6.54 Å². The van der Waals surface area contributed by atoms with Crippen molar-refractivity contribution in [1.29, 1.82) is 0 Å². The van der Waals surface area contributed by atoms with Crippen LogP contribution in [0.5, 0.6) is 0 Å². The Balaban J connectivity index is 2.18. The van der Waals surface area contributed by atoms with Crippen LogP contribution in [-0.4, -0.2) is 5.91 Å². The summed E-state index contributed by atoms with van der Waals surface area (Å²) in [5.74, 6) is -0.205. The van der Waals surface area contributed by atoms with Crippen LogP contribution >= 0.6 is 27.5 Å². The van der Waals surface area contributed by atoms with Crippen molar-refractivity contribution in [2.24, 2.45) is 5.73 Å². The molecule has 2 rings (SSSR count).